The van der Waals surface area contributed by atoms with Crippen molar-refractivity contribution in [3.63, 3.8) is 0 Å². The van der Waals surface area contributed by atoms with E-state index in [1.54, 1.807) is 11.8 Å². The lowest BCUT2D eigenvalue weighted by atomic mass is 10.1. The van der Waals surface area contributed by atoms with Gasteiger partial charge in [-0.1, -0.05) is 88.1 Å². The van der Waals surface area contributed by atoms with Crippen LogP contribution in [0.15, 0.2) is 27.8 Å². The van der Waals surface area contributed by atoms with Crippen molar-refractivity contribution in [3.8, 4) is 0 Å². The molecule has 0 aliphatic rings. The SMILES string of the molecule is CCCCCCCCCCCCSc1nc2ccc(Cl)cc2o1. The molecule has 0 aliphatic carbocycles. The lowest BCUT2D eigenvalue weighted by Gasteiger charge is -2.01. The molecule has 0 fully saturated rings. The van der Waals surface area contributed by atoms with Gasteiger partial charge in [-0.3, -0.25) is 0 Å². The minimum Gasteiger partial charge on any atom is -0.431 e. The van der Waals surface area contributed by atoms with Gasteiger partial charge in [-0.05, 0) is 18.6 Å². The van der Waals surface area contributed by atoms with Crippen molar-refractivity contribution in [2.45, 2.75) is 76.4 Å². The molecule has 1 heterocycles. The number of oxazole rings is 1. The van der Waals surface area contributed by atoms with Crippen LogP contribution in [-0.2, 0) is 0 Å². The Bertz CT molecular complexity index is 569. The number of aromatic nitrogens is 1. The Labute approximate surface area is 149 Å². The number of unbranched alkanes of at least 4 members (excludes halogenated alkanes) is 9. The third-order valence-electron chi connectivity index (χ3n) is 4.05. The fourth-order valence-corrected chi connectivity index (χ4v) is 3.68. The molecular weight excluding hydrogens is 326 g/mol. The van der Waals surface area contributed by atoms with E-state index in [2.05, 4.69) is 11.9 Å². The Kier molecular flexibility index (Phi) is 8.91. The van der Waals surface area contributed by atoms with E-state index >= 15 is 0 Å². The maximum atomic E-state index is 5.96. The van der Waals surface area contributed by atoms with Crippen LogP contribution in [0.5, 0.6) is 0 Å². The molecule has 128 valence electrons. The summed E-state index contributed by atoms with van der Waals surface area (Å²) < 4.78 is 5.71. The first-order chi connectivity index (χ1) is 11.3. The summed E-state index contributed by atoms with van der Waals surface area (Å²) in [6, 6.07) is 5.59. The van der Waals surface area contributed by atoms with E-state index in [9.17, 15) is 0 Å². The van der Waals surface area contributed by atoms with Gasteiger partial charge in [0.15, 0.2) is 5.58 Å². The molecule has 2 rings (SSSR count). The van der Waals surface area contributed by atoms with Gasteiger partial charge in [-0.2, -0.15) is 0 Å². The second-order valence-corrected chi connectivity index (χ2v) is 7.60. The van der Waals surface area contributed by atoms with E-state index in [1.165, 1.54) is 64.2 Å². The molecule has 2 aromatic rings. The summed E-state index contributed by atoms with van der Waals surface area (Å²) in [7, 11) is 0. The summed E-state index contributed by atoms with van der Waals surface area (Å²) in [5.74, 6) is 1.08. The normalized spacial score (nSPS) is 11.4. The number of nitrogens with zero attached hydrogens (tertiary/aromatic N) is 1. The molecule has 0 bridgehead atoms. The molecule has 0 aliphatic heterocycles. The maximum absolute atomic E-state index is 5.96. The third kappa shape index (κ3) is 7.17. The minimum atomic E-state index is 0.694. The third-order valence-corrected chi connectivity index (χ3v) is 5.20. The zero-order valence-corrected chi connectivity index (χ0v) is 15.7. The predicted molar refractivity (Wildman–Crippen MR) is 102 cm³/mol. The monoisotopic (exact) mass is 353 g/mol. The highest BCUT2D eigenvalue weighted by molar-refractivity contribution is 7.99. The van der Waals surface area contributed by atoms with Crippen molar-refractivity contribution in [3.05, 3.63) is 23.2 Å². The zero-order chi connectivity index (χ0) is 16.3. The van der Waals surface area contributed by atoms with Gasteiger partial charge in [0.2, 0.25) is 0 Å². The van der Waals surface area contributed by atoms with Gasteiger partial charge in [0, 0.05) is 16.8 Å². The Morgan fingerprint density at radius 1 is 0.957 bits per heavy atom. The van der Waals surface area contributed by atoms with Crippen LogP contribution in [0.1, 0.15) is 71.1 Å². The zero-order valence-electron chi connectivity index (χ0n) is 14.2. The van der Waals surface area contributed by atoms with Crippen LogP contribution in [0.25, 0.3) is 11.1 Å². The largest absolute Gasteiger partial charge is 0.431 e. The molecule has 0 radical (unpaired) electrons. The van der Waals surface area contributed by atoms with Crippen molar-refractivity contribution in [1.82, 2.24) is 4.98 Å². The van der Waals surface area contributed by atoms with Crippen LogP contribution < -0.4 is 0 Å². The van der Waals surface area contributed by atoms with Gasteiger partial charge < -0.3 is 4.42 Å². The minimum absolute atomic E-state index is 0.694. The van der Waals surface area contributed by atoms with Gasteiger partial charge in [0.25, 0.3) is 5.22 Å². The Balaban J connectivity index is 1.50. The van der Waals surface area contributed by atoms with Crippen molar-refractivity contribution in [1.29, 1.82) is 0 Å². The predicted octanol–water partition coefficient (Wildman–Crippen LogP) is 7.49. The number of hydrogen-bond donors (Lipinski definition) is 0. The van der Waals surface area contributed by atoms with Crippen LogP contribution in [-0.4, -0.2) is 10.7 Å². The highest BCUT2D eigenvalue weighted by Crippen LogP contribution is 2.26. The van der Waals surface area contributed by atoms with Crippen molar-refractivity contribution < 1.29 is 4.42 Å². The molecule has 0 spiro atoms. The molecule has 1 aromatic heterocycles. The summed E-state index contributed by atoms with van der Waals surface area (Å²) >= 11 is 7.66. The summed E-state index contributed by atoms with van der Waals surface area (Å²) in [5, 5.41) is 1.46. The van der Waals surface area contributed by atoms with Gasteiger partial charge >= 0.3 is 0 Å². The van der Waals surface area contributed by atoms with Crippen LogP contribution in [0, 0.1) is 0 Å². The molecule has 1 aromatic carbocycles. The van der Waals surface area contributed by atoms with Crippen LogP contribution in [0.3, 0.4) is 0 Å². The Hall–Kier alpha value is -0.670. The molecule has 0 unspecified atom stereocenters. The maximum Gasteiger partial charge on any atom is 0.256 e. The summed E-state index contributed by atoms with van der Waals surface area (Å²) in [4.78, 5) is 4.47. The molecule has 23 heavy (non-hydrogen) atoms. The average molecular weight is 354 g/mol. The first-order valence-electron chi connectivity index (χ1n) is 8.98. The molecule has 0 saturated heterocycles. The molecule has 2 nitrogen and oxygen atoms in total. The fourth-order valence-electron chi connectivity index (χ4n) is 2.69. The number of rotatable bonds is 12. The van der Waals surface area contributed by atoms with Crippen molar-refractivity contribution >= 4 is 34.5 Å². The number of hydrogen-bond acceptors (Lipinski definition) is 3. The first-order valence-corrected chi connectivity index (χ1v) is 10.3. The van der Waals surface area contributed by atoms with E-state index in [-0.39, 0.29) is 0 Å². The lowest BCUT2D eigenvalue weighted by molar-refractivity contribution is 0.489. The Morgan fingerprint density at radius 3 is 2.30 bits per heavy atom. The van der Waals surface area contributed by atoms with Gasteiger partial charge in [0.05, 0.1) is 0 Å². The van der Waals surface area contributed by atoms with Gasteiger partial charge in [-0.25, -0.2) is 4.98 Å². The Morgan fingerprint density at radius 2 is 1.61 bits per heavy atom. The molecule has 0 N–H and O–H groups in total. The number of thioether (sulfide) groups is 1. The van der Waals surface area contributed by atoms with E-state index in [0.29, 0.717) is 5.02 Å². The van der Waals surface area contributed by atoms with Gasteiger partial charge in [0.1, 0.15) is 5.52 Å². The standard InChI is InChI=1S/C19H28ClNOS/c1-2-3-4-5-6-7-8-9-10-11-14-23-19-21-17-13-12-16(20)15-18(17)22-19/h12-13,15H,2-11,14H2,1H3. The van der Waals surface area contributed by atoms with E-state index in [1.807, 2.05) is 18.2 Å². The summed E-state index contributed by atoms with van der Waals surface area (Å²) in [5.41, 5.74) is 1.67. The van der Waals surface area contributed by atoms with E-state index in [4.69, 9.17) is 16.0 Å². The highest BCUT2D eigenvalue weighted by atomic mass is 35.5. The fraction of sp³-hybridized carbons (Fsp3) is 0.632. The summed E-state index contributed by atoms with van der Waals surface area (Å²) in [6.45, 7) is 2.27. The molecule has 0 amide bonds. The second-order valence-electron chi connectivity index (χ2n) is 6.12. The number of halogens is 1. The molecule has 0 saturated carbocycles. The number of benzene rings is 1. The van der Waals surface area contributed by atoms with Crippen molar-refractivity contribution in [2.24, 2.45) is 0 Å². The van der Waals surface area contributed by atoms with Crippen LogP contribution >= 0.6 is 23.4 Å². The summed E-state index contributed by atoms with van der Waals surface area (Å²) in [6.07, 6.45) is 13.7. The number of fused-ring (bicyclic) bond motifs is 1. The topological polar surface area (TPSA) is 26.0 Å². The van der Waals surface area contributed by atoms with E-state index in [0.717, 1.165) is 22.1 Å². The van der Waals surface area contributed by atoms with E-state index < -0.39 is 0 Å². The smallest absolute Gasteiger partial charge is 0.256 e. The second kappa shape index (κ2) is 11.0. The van der Waals surface area contributed by atoms with Crippen molar-refractivity contribution in [2.75, 3.05) is 5.75 Å². The van der Waals surface area contributed by atoms with Crippen LogP contribution in [0.2, 0.25) is 5.02 Å². The highest BCUT2D eigenvalue weighted by Gasteiger charge is 2.06. The quantitative estimate of drug-likeness (QED) is 0.292. The molecule has 0 atom stereocenters. The average Bonchev–Trinajstić information content (AvgIpc) is 2.94. The molecule has 4 heteroatoms. The van der Waals surface area contributed by atoms with Gasteiger partial charge in [-0.15, -0.1) is 0 Å². The lowest BCUT2D eigenvalue weighted by Crippen LogP contribution is -1.84. The van der Waals surface area contributed by atoms with Crippen LogP contribution in [0.4, 0.5) is 0 Å². The molecular formula is C19H28ClNOS. The first kappa shape index (κ1) is 18.7.